The van der Waals surface area contributed by atoms with Gasteiger partial charge in [-0.2, -0.15) is 0 Å². The van der Waals surface area contributed by atoms with Crippen LogP contribution in [0, 0.1) is 13.8 Å². The number of nitrogens with zero attached hydrogens (tertiary/aromatic N) is 2. The van der Waals surface area contributed by atoms with Crippen LogP contribution in [-0.4, -0.2) is 41.4 Å². The third kappa shape index (κ3) is 3.90. The van der Waals surface area contributed by atoms with Crippen LogP contribution in [0.4, 0.5) is 0 Å². The van der Waals surface area contributed by atoms with Gasteiger partial charge in [0.15, 0.2) is 0 Å². The van der Waals surface area contributed by atoms with E-state index in [4.69, 9.17) is 14.0 Å². The molecule has 3 heterocycles. The molecule has 1 saturated heterocycles. The molecule has 1 aliphatic rings. The summed E-state index contributed by atoms with van der Waals surface area (Å²) in [5.41, 5.74) is 2.15. The number of carbonyl (C=O) groups is 1. The van der Waals surface area contributed by atoms with Gasteiger partial charge >= 0.3 is 0 Å². The van der Waals surface area contributed by atoms with E-state index in [0.29, 0.717) is 31.9 Å². The molecule has 0 bridgehead atoms. The fraction of sp³-hybridized carbons (Fsp3) is 0.381. The maximum absolute atomic E-state index is 12.7. The van der Waals surface area contributed by atoms with E-state index in [1.165, 1.54) is 0 Å². The molecule has 2 aromatic heterocycles. The Morgan fingerprint density at radius 3 is 2.89 bits per heavy atom. The van der Waals surface area contributed by atoms with Gasteiger partial charge in [0.2, 0.25) is 0 Å². The first-order chi connectivity index (χ1) is 13.6. The Morgan fingerprint density at radius 1 is 1.29 bits per heavy atom. The molecule has 3 aromatic rings. The molecule has 1 N–H and O–H groups in total. The Morgan fingerprint density at radius 2 is 2.11 bits per heavy atom. The lowest BCUT2D eigenvalue weighted by molar-refractivity contribution is -0.0739. The van der Waals surface area contributed by atoms with Crippen molar-refractivity contribution < 1.29 is 18.8 Å². The van der Waals surface area contributed by atoms with Gasteiger partial charge in [-0.25, -0.2) is 0 Å². The van der Waals surface area contributed by atoms with Gasteiger partial charge in [0.1, 0.15) is 17.6 Å². The van der Waals surface area contributed by atoms with Crippen molar-refractivity contribution in [1.29, 1.82) is 0 Å². The summed E-state index contributed by atoms with van der Waals surface area (Å²) in [5, 5.41) is 9.00. The Hall–Kier alpha value is -2.77. The minimum atomic E-state index is -0.244. The topological polar surface area (TPSA) is 86.5 Å². The molecule has 2 atom stereocenters. The van der Waals surface area contributed by atoms with Crippen molar-refractivity contribution in [2.75, 3.05) is 13.2 Å². The Balaban J connectivity index is 1.44. The molecular weight excluding hydrogens is 358 g/mol. The zero-order valence-electron chi connectivity index (χ0n) is 16.0. The van der Waals surface area contributed by atoms with E-state index in [1.54, 1.807) is 6.20 Å². The molecule has 0 radical (unpaired) electrons. The van der Waals surface area contributed by atoms with E-state index >= 15 is 0 Å². The van der Waals surface area contributed by atoms with Crippen molar-refractivity contribution >= 4 is 16.7 Å². The van der Waals surface area contributed by atoms with E-state index in [2.05, 4.69) is 15.5 Å². The average molecular weight is 381 g/mol. The number of hydrogen-bond acceptors (Lipinski definition) is 6. The first-order valence-electron chi connectivity index (χ1n) is 9.38. The lowest BCUT2D eigenvalue weighted by atomic mass is 10.1. The smallest absolute Gasteiger partial charge is 0.270 e. The second-order valence-corrected chi connectivity index (χ2v) is 7.01. The number of benzene rings is 1. The number of ether oxygens (including phenoxy) is 2. The van der Waals surface area contributed by atoms with Gasteiger partial charge in [-0.05, 0) is 31.7 Å². The summed E-state index contributed by atoms with van der Waals surface area (Å²) in [6, 6.07) is 9.51. The third-order valence-corrected chi connectivity index (χ3v) is 5.11. The Kier molecular flexibility index (Phi) is 5.36. The quantitative estimate of drug-likeness (QED) is 0.731. The van der Waals surface area contributed by atoms with Crippen LogP contribution in [0.2, 0.25) is 0 Å². The highest BCUT2D eigenvalue weighted by molar-refractivity contribution is 5.96. The van der Waals surface area contributed by atoms with Crippen molar-refractivity contribution in [3.05, 3.63) is 59.2 Å². The number of fused-ring (bicyclic) bond motifs is 1. The number of pyridine rings is 1. The predicted octanol–water partition coefficient (Wildman–Crippen LogP) is 2.94. The molecule has 1 aromatic carbocycles. The summed E-state index contributed by atoms with van der Waals surface area (Å²) >= 11 is 0. The molecule has 1 fully saturated rings. The lowest BCUT2D eigenvalue weighted by Crippen LogP contribution is -2.50. The van der Waals surface area contributed by atoms with E-state index in [1.807, 2.05) is 44.2 Å². The zero-order valence-corrected chi connectivity index (χ0v) is 16.0. The standard InChI is InChI=1S/C21H23N3O4/c1-13-17(14(2)28-24-13)11-27-20-12-26-8-7-18(20)23-21(25)19-9-15-5-3-4-6-16(15)10-22-19/h3-6,9-10,18,20H,7-8,11-12H2,1-2H3,(H,23,25)/t18-,20-/m1/s1. The summed E-state index contributed by atoms with van der Waals surface area (Å²) < 4.78 is 16.8. The molecule has 0 saturated carbocycles. The normalized spacial score (nSPS) is 19.6. The Labute approximate surface area is 163 Å². The van der Waals surface area contributed by atoms with Crippen LogP contribution in [0.1, 0.15) is 33.9 Å². The largest absolute Gasteiger partial charge is 0.379 e. The van der Waals surface area contributed by atoms with Crippen molar-refractivity contribution in [3.63, 3.8) is 0 Å². The highest BCUT2D eigenvalue weighted by atomic mass is 16.5. The van der Waals surface area contributed by atoms with Gasteiger partial charge in [-0.3, -0.25) is 9.78 Å². The second-order valence-electron chi connectivity index (χ2n) is 7.01. The number of amides is 1. The summed E-state index contributed by atoms with van der Waals surface area (Å²) in [7, 11) is 0. The van der Waals surface area contributed by atoms with Gasteiger partial charge in [0, 0.05) is 23.8 Å². The summed E-state index contributed by atoms with van der Waals surface area (Å²) in [4.78, 5) is 17.1. The number of carbonyl (C=O) groups excluding carboxylic acids is 1. The van der Waals surface area contributed by atoms with Crippen LogP contribution < -0.4 is 5.32 Å². The first kappa shape index (κ1) is 18.6. The van der Waals surface area contributed by atoms with E-state index in [-0.39, 0.29) is 18.1 Å². The fourth-order valence-electron chi connectivity index (χ4n) is 3.39. The third-order valence-electron chi connectivity index (χ3n) is 5.11. The monoisotopic (exact) mass is 381 g/mol. The highest BCUT2D eigenvalue weighted by Crippen LogP contribution is 2.19. The summed E-state index contributed by atoms with van der Waals surface area (Å²) in [5.74, 6) is 0.541. The molecule has 0 unspecified atom stereocenters. The minimum absolute atomic E-state index is 0.144. The fourth-order valence-corrected chi connectivity index (χ4v) is 3.39. The molecule has 28 heavy (non-hydrogen) atoms. The van der Waals surface area contributed by atoms with Gasteiger partial charge in [0.25, 0.3) is 5.91 Å². The highest BCUT2D eigenvalue weighted by Gasteiger charge is 2.29. The predicted molar refractivity (Wildman–Crippen MR) is 103 cm³/mol. The molecule has 7 heteroatoms. The molecule has 1 amide bonds. The van der Waals surface area contributed by atoms with Crippen LogP contribution in [0.5, 0.6) is 0 Å². The molecule has 0 spiro atoms. The number of rotatable bonds is 5. The number of aryl methyl sites for hydroxylation is 2. The average Bonchev–Trinajstić information content (AvgIpc) is 3.04. The molecular formula is C21H23N3O4. The van der Waals surface area contributed by atoms with Crippen molar-refractivity contribution in [2.45, 2.75) is 39.0 Å². The van der Waals surface area contributed by atoms with E-state index in [9.17, 15) is 4.79 Å². The van der Waals surface area contributed by atoms with Crippen LogP contribution >= 0.6 is 0 Å². The molecule has 146 valence electrons. The number of hydrogen-bond donors (Lipinski definition) is 1. The van der Waals surface area contributed by atoms with Gasteiger partial charge in [-0.15, -0.1) is 0 Å². The van der Waals surface area contributed by atoms with Gasteiger partial charge < -0.3 is 19.3 Å². The van der Waals surface area contributed by atoms with Crippen LogP contribution in [0.15, 0.2) is 41.1 Å². The van der Waals surface area contributed by atoms with Gasteiger partial charge in [0.05, 0.1) is 24.9 Å². The van der Waals surface area contributed by atoms with E-state index in [0.717, 1.165) is 27.8 Å². The van der Waals surface area contributed by atoms with Crippen LogP contribution in [-0.2, 0) is 16.1 Å². The lowest BCUT2D eigenvalue weighted by Gasteiger charge is -2.32. The van der Waals surface area contributed by atoms with Crippen molar-refractivity contribution in [1.82, 2.24) is 15.5 Å². The van der Waals surface area contributed by atoms with E-state index < -0.39 is 0 Å². The second kappa shape index (κ2) is 8.08. The number of aromatic nitrogens is 2. The van der Waals surface area contributed by atoms with Crippen molar-refractivity contribution in [2.24, 2.45) is 0 Å². The summed E-state index contributed by atoms with van der Waals surface area (Å²) in [6.45, 7) is 5.13. The SMILES string of the molecule is Cc1noc(C)c1CO[C@@H]1COCC[C@H]1NC(=O)c1cc2ccccc2cn1. The zero-order chi connectivity index (χ0) is 19.5. The van der Waals surface area contributed by atoms with Crippen LogP contribution in [0.25, 0.3) is 10.8 Å². The first-order valence-corrected chi connectivity index (χ1v) is 9.38. The Bertz CT molecular complexity index is 965. The maximum atomic E-state index is 12.7. The molecule has 1 aliphatic heterocycles. The summed E-state index contributed by atoms with van der Waals surface area (Å²) in [6.07, 6.45) is 2.16. The number of nitrogens with one attached hydrogen (secondary N) is 1. The van der Waals surface area contributed by atoms with Crippen molar-refractivity contribution in [3.8, 4) is 0 Å². The van der Waals surface area contributed by atoms with Gasteiger partial charge in [-0.1, -0.05) is 29.4 Å². The molecule has 7 nitrogen and oxygen atoms in total. The molecule has 0 aliphatic carbocycles. The minimum Gasteiger partial charge on any atom is -0.379 e. The van der Waals surface area contributed by atoms with Crippen LogP contribution in [0.3, 0.4) is 0 Å². The maximum Gasteiger partial charge on any atom is 0.270 e. The molecule has 4 rings (SSSR count).